The van der Waals surface area contributed by atoms with Crippen LogP contribution in [0.4, 0.5) is 0 Å². The summed E-state index contributed by atoms with van der Waals surface area (Å²) in [5, 5.41) is 0. The average molecular weight is 208 g/mol. The number of nitrogens with two attached hydrogens (primary N) is 1. The van der Waals surface area contributed by atoms with Crippen molar-refractivity contribution in [3.05, 3.63) is 24.2 Å². The van der Waals surface area contributed by atoms with E-state index in [9.17, 15) is 0 Å². The molecule has 1 aromatic rings. The zero-order valence-electron chi connectivity index (χ0n) is 9.19. The van der Waals surface area contributed by atoms with Gasteiger partial charge in [0.05, 0.1) is 6.26 Å². The molecule has 0 saturated carbocycles. The van der Waals surface area contributed by atoms with Crippen LogP contribution >= 0.6 is 0 Å². The number of furan rings is 1. The van der Waals surface area contributed by atoms with E-state index in [1.54, 1.807) is 6.26 Å². The first-order valence-corrected chi connectivity index (χ1v) is 5.85. The Labute approximate surface area is 91.2 Å². The van der Waals surface area contributed by atoms with E-state index in [0.29, 0.717) is 6.04 Å². The molecule has 1 aromatic heterocycles. The monoisotopic (exact) mass is 208 g/mol. The Balaban J connectivity index is 1.62. The summed E-state index contributed by atoms with van der Waals surface area (Å²) >= 11 is 0. The van der Waals surface area contributed by atoms with E-state index >= 15 is 0 Å². The van der Waals surface area contributed by atoms with Crippen molar-refractivity contribution in [2.45, 2.75) is 31.7 Å². The van der Waals surface area contributed by atoms with Gasteiger partial charge < -0.3 is 15.1 Å². The van der Waals surface area contributed by atoms with E-state index in [-0.39, 0.29) is 0 Å². The number of aryl methyl sites for hydroxylation is 1. The number of rotatable bonds is 4. The maximum absolute atomic E-state index is 5.86. The average Bonchev–Trinajstić information content (AvgIpc) is 2.74. The fraction of sp³-hybridized carbons (Fsp3) is 0.667. The van der Waals surface area contributed by atoms with Crippen molar-refractivity contribution in [3.63, 3.8) is 0 Å². The van der Waals surface area contributed by atoms with Crippen LogP contribution in [0.3, 0.4) is 0 Å². The summed E-state index contributed by atoms with van der Waals surface area (Å²) in [6, 6.07) is 4.44. The van der Waals surface area contributed by atoms with E-state index < -0.39 is 0 Å². The molecule has 1 aliphatic rings. The highest BCUT2D eigenvalue weighted by molar-refractivity contribution is 4.97. The summed E-state index contributed by atoms with van der Waals surface area (Å²) in [6.07, 6.45) is 6.29. The van der Waals surface area contributed by atoms with Crippen LogP contribution in [0, 0.1) is 0 Å². The van der Waals surface area contributed by atoms with Crippen molar-refractivity contribution >= 4 is 0 Å². The van der Waals surface area contributed by atoms with Crippen LogP contribution in [0.2, 0.25) is 0 Å². The van der Waals surface area contributed by atoms with Crippen LogP contribution in [-0.4, -0.2) is 30.6 Å². The van der Waals surface area contributed by atoms with Gasteiger partial charge in [-0.15, -0.1) is 0 Å². The Kier molecular flexibility index (Phi) is 3.80. The van der Waals surface area contributed by atoms with Crippen LogP contribution in [-0.2, 0) is 6.42 Å². The molecule has 0 aromatic carbocycles. The van der Waals surface area contributed by atoms with Gasteiger partial charge in [0, 0.05) is 12.5 Å². The molecule has 3 nitrogen and oxygen atoms in total. The van der Waals surface area contributed by atoms with Gasteiger partial charge in [-0.2, -0.15) is 0 Å². The molecule has 15 heavy (non-hydrogen) atoms. The lowest BCUT2D eigenvalue weighted by molar-refractivity contribution is 0.210. The summed E-state index contributed by atoms with van der Waals surface area (Å²) < 4.78 is 5.30. The fourth-order valence-corrected chi connectivity index (χ4v) is 2.11. The van der Waals surface area contributed by atoms with Gasteiger partial charge in [-0.25, -0.2) is 0 Å². The molecule has 3 heteroatoms. The summed E-state index contributed by atoms with van der Waals surface area (Å²) in [5.74, 6) is 1.10. The predicted octanol–water partition coefficient (Wildman–Crippen LogP) is 1.64. The molecule has 0 spiro atoms. The van der Waals surface area contributed by atoms with E-state index in [1.807, 2.05) is 12.1 Å². The summed E-state index contributed by atoms with van der Waals surface area (Å²) in [5.41, 5.74) is 5.86. The SMILES string of the molecule is NC1CCN(CCCc2ccco2)CC1. The van der Waals surface area contributed by atoms with Crippen LogP contribution in [0.25, 0.3) is 0 Å². The highest BCUT2D eigenvalue weighted by atomic mass is 16.3. The number of piperidine rings is 1. The Hall–Kier alpha value is -0.800. The molecular weight excluding hydrogens is 188 g/mol. The predicted molar refractivity (Wildman–Crippen MR) is 60.7 cm³/mol. The van der Waals surface area contributed by atoms with Crippen LogP contribution < -0.4 is 5.73 Å². The van der Waals surface area contributed by atoms with Crippen molar-refractivity contribution in [1.82, 2.24) is 4.90 Å². The molecule has 0 amide bonds. The molecule has 0 atom stereocenters. The third-order valence-corrected chi connectivity index (χ3v) is 3.11. The van der Waals surface area contributed by atoms with Crippen LogP contribution in [0.5, 0.6) is 0 Å². The van der Waals surface area contributed by atoms with Crippen molar-refractivity contribution in [2.75, 3.05) is 19.6 Å². The zero-order valence-corrected chi connectivity index (χ0v) is 9.19. The summed E-state index contributed by atoms with van der Waals surface area (Å²) in [4.78, 5) is 2.51. The van der Waals surface area contributed by atoms with Crippen molar-refractivity contribution < 1.29 is 4.42 Å². The zero-order chi connectivity index (χ0) is 10.5. The molecular formula is C12H20N2O. The van der Waals surface area contributed by atoms with Gasteiger partial charge in [0.15, 0.2) is 0 Å². The fourth-order valence-electron chi connectivity index (χ4n) is 2.11. The minimum absolute atomic E-state index is 0.436. The highest BCUT2D eigenvalue weighted by Gasteiger charge is 2.15. The van der Waals surface area contributed by atoms with Crippen molar-refractivity contribution in [2.24, 2.45) is 5.73 Å². The number of nitrogens with zero attached hydrogens (tertiary/aromatic N) is 1. The Morgan fingerprint density at radius 3 is 2.87 bits per heavy atom. The van der Waals surface area contributed by atoms with Gasteiger partial charge in [0.2, 0.25) is 0 Å². The standard InChI is InChI=1S/C12H20N2O/c13-11-5-8-14(9-6-11)7-1-3-12-4-2-10-15-12/h2,4,10-11H,1,3,5-9,13H2. The lowest BCUT2D eigenvalue weighted by atomic mass is 10.1. The molecule has 1 fully saturated rings. The highest BCUT2D eigenvalue weighted by Crippen LogP contribution is 2.10. The maximum Gasteiger partial charge on any atom is 0.103 e. The molecule has 0 radical (unpaired) electrons. The molecule has 84 valence electrons. The second kappa shape index (κ2) is 5.33. The summed E-state index contributed by atoms with van der Waals surface area (Å²) in [7, 11) is 0. The van der Waals surface area contributed by atoms with E-state index in [2.05, 4.69) is 4.90 Å². The Morgan fingerprint density at radius 2 is 2.20 bits per heavy atom. The molecule has 1 aliphatic heterocycles. The molecule has 2 N–H and O–H groups in total. The van der Waals surface area contributed by atoms with E-state index in [0.717, 1.165) is 25.0 Å². The molecule has 0 unspecified atom stereocenters. The van der Waals surface area contributed by atoms with Gasteiger partial charge in [0.25, 0.3) is 0 Å². The molecule has 2 rings (SSSR count). The third-order valence-electron chi connectivity index (χ3n) is 3.11. The molecule has 0 aliphatic carbocycles. The lowest BCUT2D eigenvalue weighted by Gasteiger charge is -2.29. The second-order valence-electron chi connectivity index (χ2n) is 4.36. The number of hydrogen-bond donors (Lipinski definition) is 1. The quantitative estimate of drug-likeness (QED) is 0.818. The first-order chi connectivity index (χ1) is 7.34. The van der Waals surface area contributed by atoms with Gasteiger partial charge in [0.1, 0.15) is 5.76 Å². The van der Waals surface area contributed by atoms with Crippen molar-refractivity contribution in [3.8, 4) is 0 Å². The molecule has 1 saturated heterocycles. The topological polar surface area (TPSA) is 42.4 Å². The van der Waals surface area contributed by atoms with Gasteiger partial charge >= 0.3 is 0 Å². The molecule has 0 bridgehead atoms. The molecule has 2 heterocycles. The Bertz CT molecular complexity index is 263. The van der Waals surface area contributed by atoms with Gasteiger partial charge in [-0.3, -0.25) is 0 Å². The Morgan fingerprint density at radius 1 is 1.40 bits per heavy atom. The van der Waals surface area contributed by atoms with Crippen LogP contribution in [0.1, 0.15) is 25.0 Å². The largest absolute Gasteiger partial charge is 0.469 e. The first-order valence-electron chi connectivity index (χ1n) is 5.85. The van der Waals surface area contributed by atoms with Crippen molar-refractivity contribution in [1.29, 1.82) is 0 Å². The second-order valence-corrected chi connectivity index (χ2v) is 4.36. The lowest BCUT2D eigenvalue weighted by Crippen LogP contribution is -2.40. The van der Waals surface area contributed by atoms with Gasteiger partial charge in [-0.05, 0) is 51.0 Å². The van der Waals surface area contributed by atoms with Gasteiger partial charge in [-0.1, -0.05) is 0 Å². The number of likely N-dealkylation sites (tertiary alicyclic amines) is 1. The van der Waals surface area contributed by atoms with Crippen LogP contribution in [0.15, 0.2) is 22.8 Å². The third kappa shape index (κ3) is 3.36. The maximum atomic E-state index is 5.86. The summed E-state index contributed by atoms with van der Waals surface area (Å²) in [6.45, 7) is 3.51. The normalized spacial score (nSPS) is 19.5. The smallest absolute Gasteiger partial charge is 0.103 e. The first kappa shape index (κ1) is 10.7. The van der Waals surface area contributed by atoms with E-state index in [4.69, 9.17) is 10.2 Å². The van der Waals surface area contributed by atoms with E-state index in [1.165, 1.54) is 26.1 Å². The minimum Gasteiger partial charge on any atom is -0.469 e. The minimum atomic E-state index is 0.436. The number of hydrogen-bond acceptors (Lipinski definition) is 3.